The fourth-order valence-electron chi connectivity index (χ4n) is 2.36. The van der Waals surface area contributed by atoms with Crippen LogP contribution >= 0.6 is 0 Å². The minimum absolute atomic E-state index is 0.321. The molecule has 3 aromatic rings. The molecule has 28 heavy (non-hydrogen) atoms. The largest absolute Gasteiger partial charge is 0.334 e. The molecule has 0 saturated carbocycles. The monoisotopic (exact) mass is 376 g/mol. The van der Waals surface area contributed by atoms with Crippen molar-refractivity contribution in [2.24, 2.45) is 0 Å². The third-order valence-corrected chi connectivity index (χ3v) is 3.75. The molecule has 0 unspecified atom stereocenters. The first-order chi connectivity index (χ1) is 13.7. The van der Waals surface area contributed by atoms with Crippen molar-refractivity contribution in [1.29, 1.82) is 0 Å². The van der Waals surface area contributed by atoms with Gasteiger partial charge in [0.05, 0.1) is 0 Å². The summed E-state index contributed by atoms with van der Waals surface area (Å²) in [6.07, 6.45) is 6.75. The number of hydrogen-bond donors (Lipinski definition) is 4. The average Bonchev–Trinajstić information content (AvgIpc) is 2.74. The maximum atomic E-state index is 11.9. The van der Waals surface area contributed by atoms with Gasteiger partial charge in [0, 0.05) is 49.3 Å². The predicted octanol–water partition coefficient (Wildman–Crippen LogP) is 3.12. The van der Waals surface area contributed by atoms with Gasteiger partial charge in [0.1, 0.15) is 0 Å². The molecule has 0 bridgehead atoms. The van der Waals surface area contributed by atoms with Gasteiger partial charge >= 0.3 is 12.1 Å². The summed E-state index contributed by atoms with van der Waals surface area (Å²) in [5, 5.41) is 11.0. The smallest absolute Gasteiger partial charge is 0.319 e. The minimum atomic E-state index is -0.321. The zero-order valence-electron chi connectivity index (χ0n) is 15.1. The molecule has 8 nitrogen and oxygen atoms in total. The first-order valence-corrected chi connectivity index (χ1v) is 8.66. The number of rotatable bonds is 6. The Kier molecular flexibility index (Phi) is 6.51. The fraction of sp³-hybridized carbons (Fsp3) is 0.100. The Bertz CT molecular complexity index is 824. The van der Waals surface area contributed by atoms with E-state index in [1.807, 2.05) is 24.3 Å². The third-order valence-electron chi connectivity index (χ3n) is 3.75. The number of amides is 4. The Morgan fingerprint density at radius 1 is 0.679 bits per heavy atom. The Labute approximate surface area is 162 Å². The van der Waals surface area contributed by atoms with E-state index >= 15 is 0 Å². The first-order valence-electron chi connectivity index (χ1n) is 8.66. The van der Waals surface area contributed by atoms with E-state index in [0.29, 0.717) is 24.5 Å². The highest BCUT2D eigenvalue weighted by Gasteiger charge is 2.04. The van der Waals surface area contributed by atoms with Crippen LogP contribution in [-0.2, 0) is 13.1 Å². The van der Waals surface area contributed by atoms with Crippen molar-refractivity contribution in [3.8, 4) is 0 Å². The van der Waals surface area contributed by atoms with Crippen LogP contribution in [-0.4, -0.2) is 22.0 Å². The molecule has 8 heteroatoms. The molecule has 0 spiro atoms. The van der Waals surface area contributed by atoms with Gasteiger partial charge in [-0.2, -0.15) is 0 Å². The standard InChI is InChI=1S/C20H20N6O2/c27-19(23-13-15-3-1-9-21-11-15)25-17-5-7-18(8-6-17)26-20(28)24-14-16-4-2-10-22-12-16/h1-12H,13-14H2,(H2,23,25,27)(H2,24,26,28). The van der Waals surface area contributed by atoms with Crippen LogP contribution in [0.5, 0.6) is 0 Å². The molecule has 0 fully saturated rings. The highest BCUT2D eigenvalue weighted by atomic mass is 16.2. The van der Waals surface area contributed by atoms with Crippen LogP contribution in [0.4, 0.5) is 21.0 Å². The summed E-state index contributed by atoms with van der Waals surface area (Å²) >= 11 is 0. The van der Waals surface area contributed by atoms with Gasteiger partial charge in [-0.3, -0.25) is 9.97 Å². The Morgan fingerprint density at radius 2 is 1.11 bits per heavy atom. The molecule has 0 radical (unpaired) electrons. The normalized spacial score (nSPS) is 10.0. The predicted molar refractivity (Wildman–Crippen MR) is 107 cm³/mol. The molecule has 142 valence electrons. The van der Waals surface area contributed by atoms with Crippen LogP contribution in [0.15, 0.2) is 73.3 Å². The van der Waals surface area contributed by atoms with Crippen molar-refractivity contribution in [2.45, 2.75) is 13.1 Å². The number of pyridine rings is 2. The highest BCUT2D eigenvalue weighted by molar-refractivity contribution is 5.91. The van der Waals surface area contributed by atoms with Crippen LogP contribution in [0.3, 0.4) is 0 Å². The summed E-state index contributed by atoms with van der Waals surface area (Å²) in [5.74, 6) is 0. The molecule has 0 atom stereocenters. The van der Waals surface area contributed by atoms with Gasteiger partial charge in [-0.05, 0) is 47.5 Å². The summed E-state index contributed by atoms with van der Waals surface area (Å²) in [5.41, 5.74) is 3.05. The number of hydrogen-bond acceptors (Lipinski definition) is 4. The molecule has 0 saturated heterocycles. The van der Waals surface area contributed by atoms with Crippen molar-refractivity contribution >= 4 is 23.4 Å². The summed E-state index contributed by atoms with van der Waals surface area (Å²) in [4.78, 5) is 31.9. The lowest BCUT2D eigenvalue weighted by Gasteiger charge is -2.10. The summed E-state index contributed by atoms with van der Waals surface area (Å²) in [6.45, 7) is 0.771. The topological polar surface area (TPSA) is 108 Å². The second-order valence-corrected chi connectivity index (χ2v) is 5.92. The van der Waals surface area contributed by atoms with E-state index < -0.39 is 0 Å². The SMILES string of the molecule is O=C(NCc1cccnc1)Nc1ccc(NC(=O)NCc2cccnc2)cc1. The summed E-state index contributed by atoms with van der Waals surface area (Å²) in [6, 6.07) is 13.6. The molecular formula is C20H20N6O2. The van der Waals surface area contributed by atoms with E-state index in [4.69, 9.17) is 0 Å². The molecular weight excluding hydrogens is 356 g/mol. The molecule has 2 aromatic heterocycles. The van der Waals surface area contributed by atoms with E-state index in [1.54, 1.807) is 49.1 Å². The van der Waals surface area contributed by atoms with E-state index in [0.717, 1.165) is 11.1 Å². The number of benzene rings is 1. The van der Waals surface area contributed by atoms with Gasteiger partial charge in [0.25, 0.3) is 0 Å². The zero-order valence-corrected chi connectivity index (χ0v) is 15.1. The van der Waals surface area contributed by atoms with E-state index in [9.17, 15) is 9.59 Å². The Balaban J connectivity index is 1.42. The molecule has 0 aliphatic rings. The van der Waals surface area contributed by atoms with Crippen molar-refractivity contribution in [3.05, 3.63) is 84.4 Å². The number of aromatic nitrogens is 2. The molecule has 2 heterocycles. The highest BCUT2D eigenvalue weighted by Crippen LogP contribution is 2.13. The van der Waals surface area contributed by atoms with E-state index in [-0.39, 0.29) is 12.1 Å². The first kappa shape index (κ1) is 18.8. The summed E-state index contributed by atoms with van der Waals surface area (Å²) in [7, 11) is 0. The number of urea groups is 2. The molecule has 3 rings (SSSR count). The lowest BCUT2D eigenvalue weighted by molar-refractivity contribution is 0.251. The van der Waals surface area contributed by atoms with Crippen molar-refractivity contribution in [3.63, 3.8) is 0 Å². The lowest BCUT2D eigenvalue weighted by Crippen LogP contribution is -2.28. The second-order valence-electron chi connectivity index (χ2n) is 5.92. The van der Waals surface area contributed by atoms with Crippen molar-refractivity contribution in [1.82, 2.24) is 20.6 Å². The van der Waals surface area contributed by atoms with Crippen LogP contribution in [0, 0.1) is 0 Å². The second kappa shape index (κ2) is 9.67. The lowest BCUT2D eigenvalue weighted by atomic mass is 10.2. The molecule has 0 aliphatic heterocycles. The number of carbonyl (C=O) groups is 2. The zero-order chi connectivity index (χ0) is 19.6. The number of anilines is 2. The number of nitrogens with zero attached hydrogens (tertiary/aromatic N) is 2. The minimum Gasteiger partial charge on any atom is -0.334 e. The van der Waals surface area contributed by atoms with Crippen LogP contribution in [0.1, 0.15) is 11.1 Å². The molecule has 0 aliphatic carbocycles. The van der Waals surface area contributed by atoms with Gasteiger partial charge in [0.15, 0.2) is 0 Å². The van der Waals surface area contributed by atoms with Crippen LogP contribution < -0.4 is 21.3 Å². The van der Waals surface area contributed by atoms with Gasteiger partial charge in [-0.15, -0.1) is 0 Å². The van der Waals surface area contributed by atoms with Gasteiger partial charge in [-0.25, -0.2) is 9.59 Å². The van der Waals surface area contributed by atoms with E-state index in [2.05, 4.69) is 31.2 Å². The maximum absolute atomic E-state index is 11.9. The number of nitrogens with one attached hydrogen (secondary N) is 4. The van der Waals surface area contributed by atoms with Crippen molar-refractivity contribution < 1.29 is 9.59 Å². The summed E-state index contributed by atoms with van der Waals surface area (Å²) < 4.78 is 0. The maximum Gasteiger partial charge on any atom is 0.319 e. The molecule has 4 N–H and O–H groups in total. The molecule has 1 aromatic carbocycles. The van der Waals surface area contributed by atoms with Crippen molar-refractivity contribution in [2.75, 3.05) is 10.6 Å². The Morgan fingerprint density at radius 3 is 1.46 bits per heavy atom. The molecule has 4 amide bonds. The third kappa shape index (κ3) is 6.10. The van der Waals surface area contributed by atoms with Crippen LogP contribution in [0.2, 0.25) is 0 Å². The van der Waals surface area contributed by atoms with Gasteiger partial charge in [-0.1, -0.05) is 12.1 Å². The van der Waals surface area contributed by atoms with Gasteiger partial charge in [0.2, 0.25) is 0 Å². The fourth-order valence-corrected chi connectivity index (χ4v) is 2.36. The number of carbonyl (C=O) groups excluding carboxylic acids is 2. The average molecular weight is 376 g/mol. The van der Waals surface area contributed by atoms with Crippen LogP contribution in [0.25, 0.3) is 0 Å². The van der Waals surface area contributed by atoms with E-state index in [1.165, 1.54) is 0 Å². The van der Waals surface area contributed by atoms with Gasteiger partial charge < -0.3 is 21.3 Å². The quantitative estimate of drug-likeness (QED) is 0.530. The Hall–Kier alpha value is -3.94.